The summed E-state index contributed by atoms with van der Waals surface area (Å²) in [5, 5.41) is 8.20. The topological polar surface area (TPSA) is 15.3 Å². The van der Waals surface area contributed by atoms with E-state index in [2.05, 4.69) is 27.0 Å². The van der Waals surface area contributed by atoms with Crippen LogP contribution in [0, 0.1) is 0 Å². The first-order valence-corrected chi connectivity index (χ1v) is 8.34. The number of nitrogens with zero attached hydrogens (tertiary/aromatic N) is 1. The molecule has 1 saturated carbocycles. The van der Waals surface area contributed by atoms with Crippen molar-refractivity contribution >= 4 is 11.3 Å². The van der Waals surface area contributed by atoms with Crippen LogP contribution in [0.4, 0.5) is 0 Å². The molecule has 100 valence electrons. The van der Waals surface area contributed by atoms with E-state index in [1.54, 1.807) is 0 Å². The fraction of sp³-hybridized carbons (Fsp3) is 0.733. The van der Waals surface area contributed by atoms with Gasteiger partial charge in [0.2, 0.25) is 0 Å². The summed E-state index contributed by atoms with van der Waals surface area (Å²) in [4.78, 5) is 2.72. The first kappa shape index (κ1) is 12.6. The predicted molar refractivity (Wildman–Crippen MR) is 78.3 cm³/mol. The Labute approximate surface area is 114 Å². The number of likely N-dealkylation sites (tertiary alicyclic amines) is 1. The zero-order valence-corrected chi connectivity index (χ0v) is 11.9. The Hall–Kier alpha value is -0.380. The maximum absolute atomic E-state index is 3.71. The quantitative estimate of drug-likeness (QED) is 0.850. The summed E-state index contributed by atoms with van der Waals surface area (Å²) in [6, 6.07) is 3.91. The van der Waals surface area contributed by atoms with Crippen LogP contribution >= 0.6 is 11.3 Å². The van der Waals surface area contributed by atoms with Crippen LogP contribution in [-0.4, -0.2) is 36.6 Å². The largest absolute Gasteiger partial charge is 0.312 e. The van der Waals surface area contributed by atoms with Crippen molar-refractivity contribution in [2.45, 2.75) is 50.6 Å². The van der Waals surface area contributed by atoms with E-state index in [0.29, 0.717) is 0 Å². The summed E-state index contributed by atoms with van der Waals surface area (Å²) in [5.41, 5.74) is 1.51. The Morgan fingerprint density at radius 1 is 1.28 bits per heavy atom. The van der Waals surface area contributed by atoms with Gasteiger partial charge in [0.1, 0.15) is 0 Å². The average Bonchev–Trinajstić information content (AvgIpc) is 3.09. The molecular formula is C15H24N2S. The lowest BCUT2D eigenvalue weighted by Crippen LogP contribution is -2.46. The van der Waals surface area contributed by atoms with E-state index in [-0.39, 0.29) is 0 Å². The lowest BCUT2D eigenvalue weighted by Gasteiger charge is -2.36. The van der Waals surface area contributed by atoms with Gasteiger partial charge < -0.3 is 5.32 Å². The molecule has 1 aliphatic heterocycles. The number of hydrogen-bond donors (Lipinski definition) is 1. The minimum atomic E-state index is 0.790. The Balaban J connectivity index is 1.47. The van der Waals surface area contributed by atoms with Gasteiger partial charge in [-0.3, -0.25) is 4.90 Å². The molecule has 2 heterocycles. The third kappa shape index (κ3) is 3.56. The van der Waals surface area contributed by atoms with E-state index in [4.69, 9.17) is 0 Å². The highest BCUT2D eigenvalue weighted by atomic mass is 32.1. The molecule has 3 rings (SSSR count). The third-order valence-electron chi connectivity index (χ3n) is 4.24. The van der Waals surface area contributed by atoms with Gasteiger partial charge in [-0.05, 0) is 61.0 Å². The van der Waals surface area contributed by atoms with Crippen LogP contribution in [0.2, 0.25) is 0 Å². The van der Waals surface area contributed by atoms with Crippen molar-refractivity contribution in [1.29, 1.82) is 0 Å². The first-order chi connectivity index (χ1) is 8.92. The van der Waals surface area contributed by atoms with Crippen LogP contribution in [0.25, 0.3) is 0 Å². The molecule has 2 aliphatic rings. The van der Waals surface area contributed by atoms with Gasteiger partial charge in [-0.15, -0.1) is 0 Å². The van der Waals surface area contributed by atoms with Crippen molar-refractivity contribution in [2.75, 3.05) is 19.6 Å². The van der Waals surface area contributed by atoms with Crippen molar-refractivity contribution in [2.24, 2.45) is 0 Å². The van der Waals surface area contributed by atoms with Gasteiger partial charge in [0.15, 0.2) is 0 Å². The second-order valence-electron chi connectivity index (χ2n) is 5.75. The van der Waals surface area contributed by atoms with Gasteiger partial charge in [-0.1, -0.05) is 6.42 Å². The number of nitrogens with one attached hydrogen (secondary N) is 1. The van der Waals surface area contributed by atoms with Crippen molar-refractivity contribution < 1.29 is 0 Å². The van der Waals surface area contributed by atoms with E-state index < -0.39 is 0 Å². The zero-order valence-electron chi connectivity index (χ0n) is 11.1. The van der Waals surface area contributed by atoms with Gasteiger partial charge >= 0.3 is 0 Å². The van der Waals surface area contributed by atoms with E-state index in [9.17, 15) is 0 Å². The summed E-state index contributed by atoms with van der Waals surface area (Å²) in [6.45, 7) is 3.77. The molecule has 1 aromatic rings. The van der Waals surface area contributed by atoms with Crippen LogP contribution in [0.5, 0.6) is 0 Å². The lowest BCUT2D eigenvalue weighted by atomic mass is 10.0. The summed E-state index contributed by atoms with van der Waals surface area (Å²) >= 11 is 1.82. The van der Waals surface area contributed by atoms with Gasteiger partial charge in [0.05, 0.1) is 0 Å². The van der Waals surface area contributed by atoms with Gasteiger partial charge in [0.25, 0.3) is 0 Å². The minimum absolute atomic E-state index is 0.790. The second-order valence-corrected chi connectivity index (χ2v) is 6.53. The van der Waals surface area contributed by atoms with Crippen molar-refractivity contribution in [1.82, 2.24) is 10.2 Å². The van der Waals surface area contributed by atoms with Crippen LogP contribution in [0.1, 0.15) is 37.7 Å². The molecule has 2 fully saturated rings. The molecule has 2 nitrogen and oxygen atoms in total. The summed E-state index contributed by atoms with van der Waals surface area (Å²) in [5.74, 6) is 0. The highest BCUT2D eigenvalue weighted by Gasteiger charge is 2.26. The number of hydrogen-bond acceptors (Lipinski definition) is 3. The van der Waals surface area contributed by atoms with Crippen molar-refractivity contribution in [3.63, 3.8) is 0 Å². The van der Waals surface area contributed by atoms with E-state index in [1.165, 1.54) is 63.7 Å². The fourth-order valence-electron chi connectivity index (χ4n) is 2.88. The predicted octanol–water partition coefficient (Wildman–Crippen LogP) is 2.90. The molecule has 1 aliphatic carbocycles. The number of piperidine rings is 1. The Bertz CT molecular complexity index is 345. The molecular weight excluding hydrogens is 240 g/mol. The molecule has 1 N–H and O–H groups in total. The molecule has 0 radical (unpaired) electrons. The Morgan fingerprint density at radius 3 is 3.00 bits per heavy atom. The highest BCUT2D eigenvalue weighted by Crippen LogP contribution is 2.21. The highest BCUT2D eigenvalue weighted by molar-refractivity contribution is 7.07. The number of thiophene rings is 1. The molecule has 1 atom stereocenters. The molecule has 0 aromatic carbocycles. The molecule has 3 heteroatoms. The fourth-order valence-corrected chi connectivity index (χ4v) is 3.59. The first-order valence-electron chi connectivity index (χ1n) is 7.40. The number of rotatable bonds is 6. The van der Waals surface area contributed by atoms with Gasteiger partial charge in [0, 0.05) is 25.2 Å². The van der Waals surface area contributed by atoms with Crippen LogP contribution in [-0.2, 0) is 6.42 Å². The minimum Gasteiger partial charge on any atom is -0.312 e. The van der Waals surface area contributed by atoms with Crippen molar-refractivity contribution in [3.05, 3.63) is 22.4 Å². The molecule has 0 bridgehead atoms. The average molecular weight is 264 g/mol. The zero-order chi connectivity index (χ0) is 12.2. The maximum atomic E-state index is 3.71. The van der Waals surface area contributed by atoms with Gasteiger partial charge in [-0.2, -0.15) is 11.3 Å². The Kier molecular flexibility index (Phi) is 4.34. The smallest absolute Gasteiger partial charge is 0.0220 e. The van der Waals surface area contributed by atoms with Crippen LogP contribution in [0.3, 0.4) is 0 Å². The standard InChI is InChI=1S/C15H24N2S/c1-2-8-17(9-6-13-7-10-18-12-13)15(3-1)11-16-14-4-5-14/h7,10,12,14-16H,1-6,8-9,11H2. The molecule has 1 unspecified atom stereocenters. The summed E-state index contributed by atoms with van der Waals surface area (Å²) in [7, 11) is 0. The second kappa shape index (κ2) is 6.18. The monoisotopic (exact) mass is 264 g/mol. The third-order valence-corrected chi connectivity index (χ3v) is 4.97. The lowest BCUT2D eigenvalue weighted by molar-refractivity contribution is 0.147. The summed E-state index contributed by atoms with van der Waals surface area (Å²) < 4.78 is 0. The van der Waals surface area contributed by atoms with Crippen LogP contribution in [0.15, 0.2) is 16.8 Å². The summed E-state index contributed by atoms with van der Waals surface area (Å²) in [6.07, 6.45) is 8.24. The molecule has 0 amide bonds. The maximum Gasteiger partial charge on any atom is 0.0220 e. The van der Waals surface area contributed by atoms with Gasteiger partial charge in [-0.25, -0.2) is 0 Å². The Morgan fingerprint density at radius 2 is 2.22 bits per heavy atom. The van der Waals surface area contributed by atoms with E-state index in [0.717, 1.165) is 12.1 Å². The molecule has 1 saturated heterocycles. The normalized spacial score (nSPS) is 25.4. The molecule has 0 spiro atoms. The van der Waals surface area contributed by atoms with Crippen molar-refractivity contribution in [3.8, 4) is 0 Å². The SMILES string of the molecule is c1cc(CCN2CCCCC2CNC2CC2)cs1. The molecule has 18 heavy (non-hydrogen) atoms. The van der Waals surface area contributed by atoms with Crippen LogP contribution < -0.4 is 5.32 Å². The molecule has 1 aromatic heterocycles. The van der Waals surface area contributed by atoms with E-state index >= 15 is 0 Å². The van der Waals surface area contributed by atoms with E-state index in [1.807, 2.05) is 11.3 Å².